The van der Waals surface area contributed by atoms with Crippen LogP contribution < -0.4 is 10.2 Å². The summed E-state index contributed by atoms with van der Waals surface area (Å²) < 4.78 is 0. The van der Waals surface area contributed by atoms with Crippen LogP contribution in [0.3, 0.4) is 0 Å². The first kappa shape index (κ1) is 14.8. The zero-order valence-electron chi connectivity index (χ0n) is 13.4. The Kier molecular flexibility index (Phi) is 4.76. The molecule has 0 amide bonds. The number of hydrogen-bond acceptors (Lipinski definition) is 4. The molecule has 2 aliphatic rings. The van der Waals surface area contributed by atoms with E-state index in [-0.39, 0.29) is 0 Å². The fourth-order valence-corrected chi connectivity index (χ4v) is 3.78. The third-order valence-corrected chi connectivity index (χ3v) is 4.94. The van der Waals surface area contributed by atoms with Gasteiger partial charge in [0.25, 0.3) is 0 Å². The molecular formula is C17H28N4. The van der Waals surface area contributed by atoms with Crippen LogP contribution in [0.5, 0.6) is 0 Å². The lowest BCUT2D eigenvalue weighted by atomic mass is 9.96. The Morgan fingerprint density at radius 2 is 2.24 bits per heavy atom. The number of pyridine rings is 1. The van der Waals surface area contributed by atoms with Crippen LogP contribution >= 0.6 is 0 Å². The third kappa shape index (κ3) is 3.22. The number of nitrogens with one attached hydrogen (secondary N) is 1. The van der Waals surface area contributed by atoms with Crippen molar-refractivity contribution in [2.24, 2.45) is 0 Å². The average molecular weight is 288 g/mol. The van der Waals surface area contributed by atoms with Gasteiger partial charge < -0.3 is 10.2 Å². The van der Waals surface area contributed by atoms with Gasteiger partial charge in [0.05, 0.1) is 0 Å². The maximum absolute atomic E-state index is 4.32. The summed E-state index contributed by atoms with van der Waals surface area (Å²) in [6.45, 7) is 10.1. The Hall–Kier alpha value is -1.13. The molecule has 4 nitrogen and oxygen atoms in total. The second-order valence-corrected chi connectivity index (χ2v) is 6.43. The minimum absolute atomic E-state index is 0.585. The molecule has 3 rings (SSSR count). The van der Waals surface area contributed by atoms with E-state index in [1.54, 1.807) is 0 Å². The van der Waals surface area contributed by atoms with Gasteiger partial charge in [0.1, 0.15) is 0 Å². The number of fused-ring (bicyclic) bond motifs is 1. The Morgan fingerprint density at radius 3 is 3.10 bits per heavy atom. The number of piperazine rings is 1. The Bertz CT molecular complexity index is 462. The molecule has 2 unspecified atom stereocenters. The molecule has 0 saturated carbocycles. The van der Waals surface area contributed by atoms with Crippen molar-refractivity contribution in [1.29, 1.82) is 0 Å². The number of nitrogens with zero attached hydrogens (tertiary/aromatic N) is 3. The van der Waals surface area contributed by atoms with Crippen LogP contribution in [0.4, 0.5) is 5.69 Å². The molecule has 116 valence electrons. The highest BCUT2D eigenvalue weighted by Crippen LogP contribution is 2.29. The monoisotopic (exact) mass is 288 g/mol. The van der Waals surface area contributed by atoms with E-state index < -0.39 is 0 Å². The molecule has 1 aromatic heterocycles. The molecule has 1 aromatic rings. The fourth-order valence-electron chi connectivity index (χ4n) is 3.78. The molecule has 3 heterocycles. The van der Waals surface area contributed by atoms with Crippen LogP contribution in [-0.2, 0) is 6.54 Å². The lowest BCUT2D eigenvalue weighted by Crippen LogP contribution is -2.59. The molecule has 2 fully saturated rings. The van der Waals surface area contributed by atoms with E-state index in [4.69, 9.17) is 0 Å². The minimum atomic E-state index is 0.585. The van der Waals surface area contributed by atoms with E-state index in [9.17, 15) is 0 Å². The molecule has 0 aliphatic carbocycles. The van der Waals surface area contributed by atoms with Crippen LogP contribution in [0.25, 0.3) is 0 Å². The molecule has 0 radical (unpaired) electrons. The van der Waals surface area contributed by atoms with Gasteiger partial charge in [-0.3, -0.25) is 9.88 Å². The standard InChI is InChI=1S/C17H28N4/c1-3-18-10-15-11-19-8-7-17(15)21-13-16-6-4-5-9-20(16)12-14(21)2/h7-8,11,14,16,18H,3-6,9-10,12-13H2,1-2H3. The fraction of sp³-hybridized carbons (Fsp3) is 0.706. The molecular weight excluding hydrogens is 260 g/mol. The SMILES string of the molecule is CCNCc1cnccc1N1CC2CCCCN2CC1C. The van der Waals surface area contributed by atoms with E-state index in [0.717, 1.165) is 19.1 Å². The topological polar surface area (TPSA) is 31.4 Å². The number of anilines is 1. The van der Waals surface area contributed by atoms with E-state index in [1.807, 2.05) is 12.4 Å². The second kappa shape index (κ2) is 6.75. The van der Waals surface area contributed by atoms with Gasteiger partial charge in [-0.2, -0.15) is 0 Å². The molecule has 0 spiro atoms. The lowest BCUT2D eigenvalue weighted by Gasteiger charge is -2.48. The predicted molar refractivity (Wildman–Crippen MR) is 87.6 cm³/mol. The first-order chi connectivity index (χ1) is 10.3. The number of rotatable bonds is 4. The summed E-state index contributed by atoms with van der Waals surface area (Å²) in [4.78, 5) is 9.64. The molecule has 2 aliphatic heterocycles. The minimum Gasteiger partial charge on any atom is -0.366 e. The Labute approximate surface area is 128 Å². The van der Waals surface area contributed by atoms with Gasteiger partial charge in [-0.05, 0) is 38.9 Å². The van der Waals surface area contributed by atoms with Crippen molar-refractivity contribution in [3.63, 3.8) is 0 Å². The predicted octanol–water partition coefficient (Wildman–Crippen LogP) is 2.25. The van der Waals surface area contributed by atoms with Gasteiger partial charge in [-0.1, -0.05) is 13.3 Å². The van der Waals surface area contributed by atoms with Gasteiger partial charge in [0.2, 0.25) is 0 Å². The highest BCUT2D eigenvalue weighted by molar-refractivity contribution is 5.53. The summed E-state index contributed by atoms with van der Waals surface area (Å²) in [5.41, 5.74) is 2.71. The van der Waals surface area contributed by atoms with Gasteiger partial charge >= 0.3 is 0 Å². The first-order valence-electron chi connectivity index (χ1n) is 8.44. The molecule has 4 heteroatoms. The van der Waals surface area contributed by atoms with E-state index in [0.29, 0.717) is 6.04 Å². The van der Waals surface area contributed by atoms with E-state index >= 15 is 0 Å². The molecule has 2 saturated heterocycles. The van der Waals surface area contributed by atoms with Crippen molar-refractivity contribution in [1.82, 2.24) is 15.2 Å². The van der Waals surface area contributed by atoms with Gasteiger partial charge in [0, 0.05) is 55.4 Å². The van der Waals surface area contributed by atoms with Crippen molar-refractivity contribution in [2.75, 3.05) is 31.1 Å². The van der Waals surface area contributed by atoms with Crippen LogP contribution in [0.15, 0.2) is 18.5 Å². The lowest BCUT2D eigenvalue weighted by molar-refractivity contribution is 0.115. The number of piperidine rings is 1. The summed E-state index contributed by atoms with van der Waals surface area (Å²) >= 11 is 0. The Balaban J connectivity index is 1.79. The molecule has 1 N–H and O–H groups in total. The summed E-state index contributed by atoms with van der Waals surface area (Å²) in [5, 5.41) is 3.44. The first-order valence-corrected chi connectivity index (χ1v) is 8.44. The largest absolute Gasteiger partial charge is 0.366 e. The van der Waals surface area contributed by atoms with Crippen LogP contribution in [0.1, 0.15) is 38.7 Å². The van der Waals surface area contributed by atoms with Gasteiger partial charge in [-0.25, -0.2) is 0 Å². The van der Waals surface area contributed by atoms with Crippen LogP contribution in [0.2, 0.25) is 0 Å². The Morgan fingerprint density at radius 1 is 1.33 bits per heavy atom. The smallest absolute Gasteiger partial charge is 0.0446 e. The maximum atomic E-state index is 4.32. The van der Waals surface area contributed by atoms with Crippen LogP contribution in [-0.4, -0.2) is 48.1 Å². The zero-order chi connectivity index (χ0) is 14.7. The molecule has 0 bridgehead atoms. The molecule has 0 aromatic carbocycles. The average Bonchev–Trinajstić information content (AvgIpc) is 2.52. The van der Waals surface area contributed by atoms with Crippen molar-refractivity contribution >= 4 is 5.69 Å². The second-order valence-electron chi connectivity index (χ2n) is 6.43. The van der Waals surface area contributed by atoms with Crippen molar-refractivity contribution in [3.8, 4) is 0 Å². The van der Waals surface area contributed by atoms with E-state index in [1.165, 1.54) is 50.1 Å². The molecule has 21 heavy (non-hydrogen) atoms. The highest BCUT2D eigenvalue weighted by atomic mass is 15.3. The highest BCUT2D eigenvalue weighted by Gasteiger charge is 2.33. The van der Waals surface area contributed by atoms with Crippen molar-refractivity contribution < 1.29 is 0 Å². The van der Waals surface area contributed by atoms with Crippen LogP contribution in [0, 0.1) is 0 Å². The summed E-state index contributed by atoms with van der Waals surface area (Å²) in [6, 6.07) is 3.53. The normalized spacial score (nSPS) is 26.7. The third-order valence-electron chi connectivity index (χ3n) is 4.94. The zero-order valence-corrected chi connectivity index (χ0v) is 13.4. The van der Waals surface area contributed by atoms with Gasteiger partial charge in [-0.15, -0.1) is 0 Å². The quantitative estimate of drug-likeness (QED) is 0.921. The van der Waals surface area contributed by atoms with Gasteiger partial charge in [0.15, 0.2) is 0 Å². The maximum Gasteiger partial charge on any atom is 0.0446 e. The summed E-state index contributed by atoms with van der Waals surface area (Å²) in [6.07, 6.45) is 8.09. The van der Waals surface area contributed by atoms with E-state index in [2.05, 4.69) is 40.0 Å². The number of hydrogen-bond donors (Lipinski definition) is 1. The summed E-state index contributed by atoms with van der Waals surface area (Å²) in [7, 11) is 0. The number of aromatic nitrogens is 1. The molecule has 2 atom stereocenters. The van der Waals surface area contributed by atoms with Crippen molar-refractivity contribution in [2.45, 2.75) is 51.7 Å². The van der Waals surface area contributed by atoms with Crippen molar-refractivity contribution in [3.05, 3.63) is 24.0 Å². The summed E-state index contributed by atoms with van der Waals surface area (Å²) in [5.74, 6) is 0.